The minimum atomic E-state index is -3.80. The number of halogens is 1. The highest BCUT2D eigenvalue weighted by molar-refractivity contribution is 7.89. The number of aromatic nitrogens is 2. The second kappa shape index (κ2) is 7.28. The average Bonchev–Trinajstić information content (AvgIpc) is 2.63. The predicted octanol–water partition coefficient (Wildman–Crippen LogP) is 2.15. The molecule has 9 heteroatoms. The fraction of sp³-hybridized carbons (Fsp3) is 0.0588. The van der Waals surface area contributed by atoms with Crippen LogP contribution in [-0.4, -0.2) is 18.2 Å². The number of nitrogens with zero attached hydrogens (tertiary/aromatic N) is 2. The third-order valence-corrected chi connectivity index (χ3v) is 4.95. The van der Waals surface area contributed by atoms with Crippen LogP contribution in [0.1, 0.15) is 5.56 Å². The number of nitrogens with two attached hydrogens (primary N) is 1. The first-order chi connectivity index (χ1) is 12.4. The van der Waals surface area contributed by atoms with Gasteiger partial charge in [-0.15, -0.1) is 0 Å². The Morgan fingerprint density at radius 3 is 2.35 bits per heavy atom. The van der Waals surface area contributed by atoms with Crippen molar-refractivity contribution in [3.63, 3.8) is 0 Å². The van der Waals surface area contributed by atoms with Gasteiger partial charge >= 0.3 is 0 Å². The van der Waals surface area contributed by atoms with Gasteiger partial charge in [-0.25, -0.2) is 13.6 Å². The van der Waals surface area contributed by atoms with Gasteiger partial charge in [-0.2, -0.15) is 9.78 Å². The quantitative estimate of drug-likeness (QED) is 0.694. The molecule has 0 fully saturated rings. The fourth-order valence-electron chi connectivity index (χ4n) is 2.31. The molecule has 0 atom stereocenters. The maximum absolute atomic E-state index is 12.5. The van der Waals surface area contributed by atoms with E-state index in [0.29, 0.717) is 17.9 Å². The van der Waals surface area contributed by atoms with E-state index in [4.69, 9.17) is 16.7 Å². The first kappa shape index (κ1) is 18.1. The molecule has 3 rings (SSSR count). The number of rotatable bonds is 5. The minimum Gasteiger partial charge on any atom is -0.378 e. The van der Waals surface area contributed by atoms with E-state index in [1.807, 2.05) is 30.3 Å². The number of hydrogen-bond donors (Lipinski definition) is 2. The molecule has 0 aliphatic rings. The lowest BCUT2D eigenvalue weighted by molar-refractivity contribution is 0.597. The van der Waals surface area contributed by atoms with Crippen LogP contribution in [0.5, 0.6) is 0 Å². The number of anilines is 1. The smallest absolute Gasteiger partial charge is 0.292 e. The maximum atomic E-state index is 12.5. The zero-order valence-corrected chi connectivity index (χ0v) is 15.0. The van der Waals surface area contributed by atoms with Crippen molar-refractivity contribution in [1.82, 2.24) is 9.78 Å². The van der Waals surface area contributed by atoms with Crippen molar-refractivity contribution in [3.05, 3.63) is 81.7 Å². The minimum absolute atomic E-state index is 0.00791. The van der Waals surface area contributed by atoms with Gasteiger partial charge in [-0.3, -0.25) is 4.79 Å². The van der Waals surface area contributed by atoms with E-state index in [2.05, 4.69) is 10.4 Å². The summed E-state index contributed by atoms with van der Waals surface area (Å²) in [6.07, 6.45) is 1.44. The third kappa shape index (κ3) is 3.93. The van der Waals surface area contributed by atoms with E-state index in [1.165, 1.54) is 30.5 Å². The van der Waals surface area contributed by atoms with E-state index in [9.17, 15) is 13.2 Å². The molecule has 134 valence electrons. The van der Waals surface area contributed by atoms with Crippen LogP contribution < -0.4 is 16.0 Å². The van der Waals surface area contributed by atoms with Crippen LogP contribution in [-0.2, 0) is 16.6 Å². The van der Waals surface area contributed by atoms with Crippen LogP contribution in [0, 0.1) is 0 Å². The Morgan fingerprint density at radius 1 is 1.08 bits per heavy atom. The van der Waals surface area contributed by atoms with Crippen LogP contribution in [0.15, 0.2) is 70.5 Å². The van der Waals surface area contributed by atoms with Gasteiger partial charge in [-0.05, 0) is 29.8 Å². The highest BCUT2D eigenvalue weighted by Crippen LogP contribution is 2.18. The van der Waals surface area contributed by atoms with Gasteiger partial charge in [0, 0.05) is 6.54 Å². The summed E-state index contributed by atoms with van der Waals surface area (Å²) in [5, 5.41) is 12.2. The predicted molar refractivity (Wildman–Crippen MR) is 100.0 cm³/mol. The summed E-state index contributed by atoms with van der Waals surface area (Å²) in [5.74, 6) is 0. The first-order valence-electron chi connectivity index (χ1n) is 7.55. The summed E-state index contributed by atoms with van der Waals surface area (Å²) in [6, 6.07) is 15.1. The lowest BCUT2D eigenvalue weighted by Crippen LogP contribution is -2.23. The van der Waals surface area contributed by atoms with Gasteiger partial charge in [0.15, 0.2) is 0 Å². The fourth-order valence-corrected chi connectivity index (χ4v) is 3.02. The summed E-state index contributed by atoms with van der Waals surface area (Å²) in [4.78, 5) is 12.4. The van der Waals surface area contributed by atoms with E-state index in [0.717, 1.165) is 10.2 Å². The van der Waals surface area contributed by atoms with Crippen LogP contribution in [0.2, 0.25) is 5.02 Å². The summed E-state index contributed by atoms with van der Waals surface area (Å²) >= 11 is 6.17. The second-order valence-electron chi connectivity index (χ2n) is 5.47. The Balaban J connectivity index is 1.86. The summed E-state index contributed by atoms with van der Waals surface area (Å²) in [5.41, 5.74) is 1.30. The molecule has 0 aliphatic carbocycles. The number of benzene rings is 2. The zero-order chi connectivity index (χ0) is 18.7. The van der Waals surface area contributed by atoms with Gasteiger partial charge in [-0.1, -0.05) is 41.9 Å². The Hall–Kier alpha value is -2.68. The Morgan fingerprint density at radius 2 is 1.73 bits per heavy atom. The van der Waals surface area contributed by atoms with Crippen LogP contribution in [0.4, 0.5) is 5.69 Å². The molecule has 0 amide bonds. The molecule has 0 aliphatic heterocycles. The van der Waals surface area contributed by atoms with Gasteiger partial charge in [0.1, 0.15) is 5.02 Å². The van der Waals surface area contributed by atoms with Crippen molar-refractivity contribution >= 4 is 27.3 Å². The zero-order valence-electron chi connectivity index (χ0n) is 13.5. The molecule has 0 radical (unpaired) electrons. The number of sulfonamides is 1. The first-order valence-corrected chi connectivity index (χ1v) is 9.47. The lowest BCUT2D eigenvalue weighted by Gasteiger charge is -2.10. The number of hydrogen-bond acceptors (Lipinski definition) is 5. The van der Waals surface area contributed by atoms with Crippen LogP contribution in [0.25, 0.3) is 5.69 Å². The van der Waals surface area contributed by atoms with Crippen LogP contribution in [0.3, 0.4) is 0 Å². The topological polar surface area (TPSA) is 107 Å². The van der Waals surface area contributed by atoms with Gasteiger partial charge in [0.05, 0.1) is 22.5 Å². The molecule has 3 aromatic rings. The van der Waals surface area contributed by atoms with Gasteiger partial charge in [0.2, 0.25) is 10.0 Å². The molecule has 0 saturated carbocycles. The van der Waals surface area contributed by atoms with Crippen molar-refractivity contribution in [3.8, 4) is 5.69 Å². The molecule has 26 heavy (non-hydrogen) atoms. The SMILES string of the molecule is NS(=O)(=O)c1ccc(-n2ncc(NCc3ccccc3)c(Cl)c2=O)cc1. The molecule has 0 spiro atoms. The molecule has 0 unspecified atom stereocenters. The van der Waals surface area contributed by atoms with Gasteiger partial charge in [0.25, 0.3) is 5.56 Å². The standard InChI is InChI=1S/C17H15ClN4O3S/c18-16-15(20-10-12-4-2-1-3-5-12)11-21-22(17(16)23)13-6-8-14(9-7-13)26(19,24)25/h1-9,11,20H,10H2,(H2,19,24,25). The van der Waals surface area contributed by atoms with E-state index in [1.54, 1.807) is 0 Å². The van der Waals surface area contributed by atoms with Crippen molar-refractivity contribution in [2.45, 2.75) is 11.4 Å². The van der Waals surface area contributed by atoms with E-state index < -0.39 is 15.6 Å². The monoisotopic (exact) mass is 390 g/mol. The summed E-state index contributed by atoms with van der Waals surface area (Å²) in [7, 11) is -3.80. The molecule has 7 nitrogen and oxygen atoms in total. The maximum Gasteiger partial charge on any atom is 0.292 e. The average molecular weight is 391 g/mol. The molecule has 0 saturated heterocycles. The Labute approximate surface area is 155 Å². The lowest BCUT2D eigenvalue weighted by atomic mass is 10.2. The van der Waals surface area contributed by atoms with Crippen molar-refractivity contribution in [2.75, 3.05) is 5.32 Å². The van der Waals surface area contributed by atoms with Crippen molar-refractivity contribution < 1.29 is 8.42 Å². The normalized spacial score (nSPS) is 11.3. The molecule has 2 aromatic carbocycles. The highest BCUT2D eigenvalue weighted by atomic mass is 35.5. The number of primary sulfonamides is 1. The molecule has 3 N–H and O–H groups in total. The number of nitrogens with one attached hydrogen (secondary N) is 1. The van der Waals surface area contributed by atoms with Crippen LogP contribution >= 0.6 is 11.6 Å². The molecular weight excluding hydrogens is 376 g/mol. The van der Waals surface area contributed by atoms with E-state index >= 15 is 0 Å². The molecule has 0 bridgehead atoms. The highest BCUT2D eigenvalue weighted by Gasteiger charge is 2.12. The second-order valence-corrected chi connectivity index (χ2v) is 7.41. The van der Waals surface area contributed by atoms with Crippen molar-refractivity contribution in [1.29, 1.82) is 0 Å². The third-order valence-electron chi connectivity index (χ3n) is 3.65. The summed E-state index contributed by atoms with van der Waals surface area (Å²) < 4.78 is 23.7. The van der Waals surface area contributed by atoms with E-state index in [-0.39, 0.29) is 9.92 Å². The Kier molecular flexibility index (Phi) is 5.08. The molecular formula is C17H15ClN4O3S. The summed E-state index contributed by atoms with van der Waals surface area (Å²) in [6.45, 7) is 0.495. The molecule has 1 heterocycles. The Bertz CT molecular complexity index is 1080. The van der Waals surface area contributed by atoms with Gasteiger partial charge < -0.3 is 5.32 Å². The van der Waals surface area contributed by atoms with Crippen molar-refractivity contribution in [2.24, 2.45) is 5.14 Å². The molecule has 1 aromatic heterocycles. The largest absolute Gasteiger partial charge is 0.378 e.